The van der Waals surface area contributed by atoms with Gasteiger partial charge in [0.25, 0.3) is 0 Å². The first-order valence-electron chi connectivity index (χ1n) is 6.72. The predicted octanol–water partition coefficient (Wildman–Crippen LogP) is 1.39. The van der Waals surface area contributed by atoms with Crippen LogP contribution in [0.1, 0.15) is 20.3 Å². The Morgan fingerprint density at radius 1 is 1.23 bits per heavy atom. The summed E-state index contributed by atoms with van der Waals surface area (Å²) in [7, 11) is -5.94. The zero-order valence-corrected chi connectivity index (χ0v) is 14.3. The van der Waals surface area contributed by atoms with Gasteiger partial charge < -0.3 is 14.8 Å². The maximum absolute atomic E-state index is 13.4. The summed E-state index contributed by atoms with van der Waals surface area (Å²) in [4.78, 5) is 23.1. The first kappa shape index (κ1) is 24.2. The minimum atomic E-state index is -5.94. The molecule has 8 nitrogen and oxygen atoms in total. The lowest BCUT2D eigenvalue weighted by molar-refractivity contribution is -0.348. The fourth-order valence-corrected chi connectivity index (χ4v) is 1.73. The third kappa shape index (κ3) is 5.88. The molecule has 0 aromatic heterocycles. The molecule has 0 spiro atoms. The van der Waals surface area contributed by atoms with Gasteiger partial charge in [0.2, 0.25) is 0 Å². The molecule has 0 rings (SSSR count). The average Bonchev–Trinajstić information content (AvgIpc) is 2.42. The Morgan fingerprint density at radius 3 is 2.08 bits per heavy atom. The fourth-order valence-electron chi connectivity index (χ4n) is 1.39. The Kier molecular flexibility index (Phi) is 7.69. The molecule has 1 atom stereocenters. The van der Waals surface area contributed by atoms with Gasteiger partial charge in [-0.25, -0.2) is 4.79 Å². The highest BCUT2D eigenvalue weighted by atomic mass is 32.2. The van der Waals surface area contributed by atoms with Crippen molar-refractivity contribution in [3.8, 4) is 0 Å². The number of ether oxygens (including phenoxy) is 2. The van der Waals surface area contributed by atoms with E-state index in [1.165, 1.54) is 13.8 Å². The zero-order chi connectivity index (χ0) is 21.0. The number of esters is 1. The number of hydrogen-bond acceptors (Lipinski definition) is 6. The van der Waals surface area contributed by atoms with Crippen LogP contribution in [0.4, 0.5) is 22.0 Å². The minimum absolute atomic E-state index is 0.263. The molecule has 0 aliphatic carbocycles. The van der Waals surface area contributed by atoms with E-state index in [2.05, 4.69) is 16.1 Å². The molecule has 152 valence electrons. The van der Waals surface area contributed by atoms with Crippen molar-refractivity contribution in [2.24, 2.45) is 0 Å². The highest BCUT2D eigenvalue weighted by Gasteiger charge is 2.66. The quantitative estimate of drug-likeness (QED) is 0.193. The number of carbonyl (C=O) groups excluding carboxylic acids is 2. The summed E-state index contributed by atoms with van der Waals surface area (Å²) in [5.41, 5.74) is 0. The average molecular weight is 413 g/mol. The van der Waals surface area contributed by atoms with Crippen molar-refractivity contribution in [1.82, 2.24) is 5.32 Å². The molecule has 0 bridgehead atoms. The summed E-state index contributed by atoms with van der Waals surface area (Å²) >= 11 is 0. The first-order valence-corrected chi connectivity index (χ1v) is 8.16. The van der Waals surface area contributed by atoms with Crippen molar-refractivity contribution >= 4 is 22.0 Å². The van der Waals surface area contributed by atoms with Gasteiger partial charge in [0.05, 0.1) is 13.0 Å². The Morgan fingerprint density at radius 2 is 1.73 bits per heavy atom. The molecule has 26 heavy (non-hydrogen) atoms. The second-order valence-electron chi connectivity index (χ2n) is 5.08. The highest BCUT2D eigenvalue weighted by Crippen LogP contribution is 2.37. The molecule has 0 aliphatic rings. The van der Waals surface area contributed by atoms with Crippen LogP contribution in [0.5, 0.6) is 0 Å². The van der Waals surface area contributed by atoms with Crippen LogP contribution >= 0.6 is 0 Å². The molecule has 0 aliphatic heterocycles. The second-order valence-corrected chi connectivity index (χ2v) is 6.63. The van der Waals surface area contributed by atoms with E-state index in [1.54, 1.807) is 5.32 Å². The Bertz CT molecular complexity index is 647. The van der Waals surface area contributed by atoms with E-state index in [0.717, 1.165) is 0 Å². The fraction of sp³-hybridized carbons (Fsp3) is 0.667. The van der Waals surface area contributed by atoms with Gasteiger partial charge in [-0.15, -0.1) is 0 Å². The molecule has 2 N–H and O–H groups in total. The monoisotopic (exact) mass is 413 g/mol. The molecule has 14 heteroatoms. The van der Waals surface area contributed by atoms with E-state index < -0.39 is 58.3 Å². The number of hydrogen-bond donors (Lipinski definition) is 2. The normalized spacial score (nSPS) is 15.3. The molecule has 0 saturated heterocycles. The lowest BCUT2D eigenvalue weighted by atomic mass is 10.2. The summed E-state index contributed by atoms with van der Waals surface area (Å²) in [6.45, 7) is 3.62. The SMILES string of the molecule is C=CC(=O)OC(OCCC(F)(F)S(=O)(=O)O)(C(=O)NC(C)C)C(F)(F)F. The number of rotatable bonds is 9. The van der Waals surface area contributed by atoms with E-state index in [-0.39, 0.29) is 6.08 Å². The molecule has 0 aromatic carbocycles. The summed E-state index contributed by atoms with van der Waals surface area (Å²) in [6.07, 6.45) is -7.42. The van der Waals surface area contributed by atoms with Crippen molar-refractivity contribution < 1.29 is 54.0 Å². The highest BCUT2D eigenvalue weighted by molar-refractivity contribution is 7.86. The van der Waals surface area contributed by atoms with E-state index in [4.69, 9.17) is 4.55 Å². The van der Waals surface area contributed by atoms with Crippen LogP contribution in [0.15, 0.2) is 12.7 Å². The maximum atomic E-state index is 13.4. The summed E-state index contributed by atoms with van der Waals surface area (Å²) in [5, 5.41) is -3.11. The number of amides is 1. The minimum Gasteiger partial charge on any atom is -0.412 e. The second kappa shape index (κ2) is 8.26. The van der Waals surface area contributed by atoms with Crippen LogP contribution in [0, 0.1) is 0 Å². The third-order valence-corrected chi connectivity index (χ3v) is 3.54. The molecule has 1 unspecified atom stereocenters. The van der Waals surface area contributed by atoms with E-state index in [9.17, 15) is 40.0 Å². The van der Waals surface area contributed by atoms with Crippen molar-refractivity contribution in [2.45, 2.75) is 43.5 Å². The van der Waals surface area contributed by atoms with Crippen LogP contribution in [-0.2, 0) is 29.2 Å². The predicted molar refractivity (Wildman–Crippen MR) is 75.4 cm³/mol. The Hall–Kier alpha value is -1.80. The lowest BCUT2D eigenvalue weighted by Gasteiger charge is -2.33. The lowest BCUT2D eigenvalue weighted by Crippen LogP contribution is -2.62. The molecule has 0 aromatic rings. The van der Waals surface area contributed by atoms with E-state index in [0.29, 0.717) is 0 Å². The van der Waals surface area contributed by atoms with Crippen molar-refractivity contribution in [3.05, 3.63) is 12.7 Å². The van der Waals surface area contributed by atoms with Crippen molar-refractivity contribution in [2.75, 3.05) is 6.61 Å². The zero-order valence-electron chi connectivity index (χ0n) is 13.5. The van der Waals surface area contributed by atoms with Crippen molar-refractivity contribution in [3.63, 3.8) is 0 Å². The van der Waals surface area contributed by atoms with Gasteiger partial charge in [-0.3, -0.25) is 9.35 Å². The van der Waals surface area contributed by atoms with E-state index >= 15 is 0 Å². The van der Waals surface area contributed by atoms with Crippen LogP contribution < -0.4 is 5.32 Å². The van der Waals surface area contributed by atoms with Crippen LogP contribution in [0.3, 0.4) is 0 Å². The Labute approximate surface area is 145 Å². The summed E-state index contributed by atoms with van der Waals surface area (Å²) in [5.74, 6) is -8.13. The number of carbonyl (C=O) groups is 2. The molecular formula is C12H16F5NO7S. The van der Waals surface area contributed by atoms with Crippen LogP contribution in [0.25, 0.3) is 0 Å². The van der Waals surface area contributed by atoms with Gasteiger partial charge in [0.1, 0.15) is 0 Å². The number of halogens is 5. The van der Waals surface area contributed by atoms with Gasteiger partial charge in [-0.1, -0.05) is 6.58 Å². The summed E-state index contributed by atoms with van der Waals surface area (Å²) in [6, 6.07) is -0.894. The third-order valence-electron chi connectivity index (χ3n) is 2.58. The molecule has 1 amide bonds. The van der Waals surface area contributed by atoms with E-state index in [1.807, 2.05) is 0 Å². The van der Waals surface area contributed by atoms with Gasteiger partial charge in [-0.2, -0.15) is 30.4 Å². The number of alkyl halides is 5. The van der Waals surface area contributed by atoms with Gasteiger partial charge in [0, 0.05) is 12.1 Å². The van der Waals surface area contributed by atoms with Crippen LogP contribution in [-0.4, -0.2) is 54.7 Å². The molecule has 0 radical (unpaired) electrons. The van der Waals surface area contributed by atoms with Crippen molar-refractivity contribution in [1.29, 1.82) is 0 Å². The molecular weight excluding hydrogens is 397 g/mol. The number of nitrogens with one attached hydrogen (secondary N) is 1. The van der Waals surface area contributed by atoms with Crippen LogP contribution in [0.2, 0.25) is 0 Å². The largest absolute Gasteiger partial charge is 0.466 e. The molecule has 0 fully saturated rings. The first-order chi connectivity index (χ1) is 11.5. The maximum Gasteiger partial charge on any atom is 0.466 e. The van der Waals surface area contributed by atoms with Gasteiger partial charge in [-0.05, 0) is 13.8 Å². The van der Waals surface area contributed by atoms with Gasteiger partial charge in [0.15, 0.2) is 0 Å². The Balaban J connectivity index is 5.78. The molecule has 0 heterocycles. The topological polar surface area (TPSA) is 119 Å². The standard InChI is InChI=1S/C12H16F5NO7S/c1-4-8(19)25-11(12(15,16)17,9(20)18-7(2)3)24-6-5-10(13,14)26(21,22)23/h4,7H,1,5-6H2,2-3H3,(H,18,20)(H,21,22,23). The smallest absolute Gasteiger partial charge is 0.412 e. The summed E-state index contributed by atoms with van der Waals surface area (Å²) < 4.78 is 104. The van der Waals surface area contributed by atoms with Gasteiger partial charge >= 0.3 is 39.2 Å². The molecule has 0 saturated carbocycles.